The van der Waals surface area contributed by atoms with Crippen LogP contribution in [0.3, 0.4) is 0 Å². The summed E-state index contributed by atoms with van der Waals surface area (Å²) in [4.78, 5) is 0. The van der Waals surface area contributed by atoms with E-state index in [-0.39, 0.29) is 0 Å². The lowest BCUT2D eigenvalue weighted by Crippen LogP contribution is -2.50. The van der Waals surface area contributed by atoms with Crippen molar-refractivity contribution in [2.75, 3.05) is 0 Å². The first-order chi connectivity index (χ1) is 13.3. The first kappa shape index (κ1) is 21.3. The highest BCUT2D eigenvalue weighted by atomic mass is 35.5. The van der Waals surface area contributed by atoms with Crippen molar-refractivity contribution in [1.82, 2.24) is 0 Å². The zero-order chi connectivity index (χ0) is 20.1. The normalized spacial score (nSPS) is 46.5. The van der Waals surface area contributed by atoms with E-state index < -0.39 is 0 Å². The van der Waals surface area contributed by atoms with Crippen molar-refractivity contribution in [3.05, 3.63) is 11.6 Å². The molecule has 3 saturated carbocycles. The second-order valence-corrected chi connectivity index (χ2v) is 12.7. The summed E-state index contributed by atoms with van der Waals surface area (Å²) in [5, 5.41) is 0.396. The van der Waals surface area contributed by atoms with Gasteiger partial charge in [-0.1, -0.05) is 65.5 Å². The largest absolute Gasteiger partial charge is 0.123 e. The van der Waals surface area contributed by atoms with Crippen LogP contribution < -0.4 is 0 Å². The Morgan fingerprint density at radius 1 is 1.00 bits per heavy atom. The molecule has 0 spiro atoms. The molecule has 4 aliphatic rings. The number of hydrogen-bond donors (Lipinski definition) is 0. The van der Waals surface area contributed by atoms with E-state index in [0.717, 1.165) is 35.5 Å². The predicted octanol–water partition coefficient (Wildman–Crippen LogP) is 8.64. The first-order valence-corrected chi connectivity index (χ1v) is 13.0. The van der Waals surface area contributed by atoms with E-state index in [4.69, 9.17) is 11.6 Å². The van der Waals surface area contributed by atoms with Gasteiger partial charge in [0.1, 0.15) is 0 Å². The third kappa shape index (κ3) is 3.52. The molecule has 28 heavy (non-hydrogen) atoms. The first-order valence-electron chi connectivity index (χ1n) is 12.6. The smallest absolute Gasteiger partial charge is 0.0373 e. The van der Waals surface area contributed by atoms with E-state index in [2.05, 4.69) is 40.7 Å². The van der Waals surface area contributed by atoms with Gasteiger partial charge in [-0.15, -0.1) is 11.6 Å². The van der Waals surface area contributed by atoms with Crippen LogP contribution in [0.2, 0.25) is 0 Å². The van der Waals surface area contributed by atoms with E-state index in [1.54, 1.807) is 5.57 Å². The van der Waals surface area contributed by atoms with Gasteiger partial charge >= 0.3 is 0 Å². The highest BCUT2D eigenvalue weighted by Gasteiger charge is 2.58. The number of alkyl halides is 1. The Balaban J connectivity index is 1.49. The molecule has 0 bridgehead atoms. The Bertz CT molecular complexity index is 591. The standard InChI is InChI=1S/C27H45Cl/c1-18(2)7-6-8-19(3)23-11-12-24-22-10-9-20-17-21(28)13-15-26(20,4)25(22)14-16-27(23,24)5/h9,18-19,21-25H,6-8,10-17H2,1-5H3/t19?,21-,22-,23?,24?,25?,26-,27+/m0/s1. The lowest BCUT2D eigenvalue weighted by atomic mass is 9.47. The van der Waals surface area contributed by atoms with Gasteiger partial charge in [-0.3, -0.25) is 0 Å². The molecule has 0 radical (unpaired) electrons. The Morgan fingerprint density at radius 2 is 1.79 bits per heavy atom. The topological polar surface area (TPSA) is 0 Å². The van der Waals surface area contributed by atoms with Gasteiger partial charge in [0.2, 0.25) is 0 Å². The minimum absolute atomic E-state index is 0.396. The van der Waals surface area contributed by atoms with E-state index in [1.165, 1.54) is 70.6 Å². The van der Waals surface area contributed by atoms with Crippen LogP contribution in [0.15, 0.2) is 11.6 Å². The van der Waals surface area contributed by atoms with Crippen LogP contribution in [0, 0.1) is 46.3 Å². The van der Waals surface area contributed by atoms with Gasteiger partial charge in [0.25, 0.3) is 0 Å². The van der Waals surface area contributed by atoms with Crippen LogP contribution in [-0.4, -0.2) is 5.38 Å². The summed E-state index contributed by atoms with van der Waals surface area (Å²) < 4.78 is 0. The molecule has 4 rings (SSSR count). The van der Waals surface area contributed by atoms with Crippen molar-refractivity contribution in [2.24, 2.45) is 46.3 Å². The molecule has 0 nitrogen and oxygen atoms in total. The molecule has 0 amide bonds. The van der Waals surface area contributed by atoms with Crippen LogP contribution in [-0.2, 0) is 0 Å². The maximum Gasteiger partial charge on any atom is 0.0373 e. The number of fused-ring (bicyclic) bond motifs is 5. The molecular formula is C27H45Cl. The Morgan fingerprint density at radius 3 is 2.54 bits per heavy atom. The van der Waals surface area contributed by atoms with Gasteiger partial charge in [0.05, 0.1) is 0 Å². The molecule has 4 aliphatic carbocycles. The molecule has 0 heterocycles. The molecule has 0 aromatic rings. The Hall–Kier alpha value is 0.0300. The summed E-state index contributed by atoms with van der Waals surface area (Å²) in [6, 6.07) is 0. The number of halogens is 1. The fraction of sp³-hybridized carbons (Fsp3) is 0.926. The quantitative estimate of drug-likeness (QED) is 0.317. The number of allylic oxidation sites excluding steroid dienone is 2. The highest BCUT2D eigenvalue weighted by Crippen LogP contribution is 2.67. The summed E-state index contributed by atoms with van der Waals surface area (Å²) in [5.74, 6) is 5.62. The fourth-order valence-electron chi connectivity index (χ4n) is 8.64. The molecule has 0 saturated heterocycles. The van der Waals surface area contributed by atoms with Crippen LogP contribution in [0.25, 0.3) is 0 Å². The Labute approximate surface area is 180 Å². The van der Waals surface area contributed by atoms with Gasteiger partial charge in [-0.2, -0.15) is 0 Å². The van der Waals surface area contributed by atoms with E-state index in [0.29, 0.717) is 16.2 Å². The summed E-state index contributed by atoms with van der Waals surface area (Å²) in [7, 11) is 0. The van der Waals surface area contributed by atoms with Gasteiger partial charge in [0.15, 0.2) is 0 Å². The number of hydrogen-bond acceptors (Lipinski definition) is 0. The average molecular weight is 405 g/mol. The molecule has 3 fully saturated rings. The van der Waals surface area contributed by atoms with Gasteiger partial charge in [0, 0.05) is 5.38 Å². The monoisotopic (exact) mass is 404 g/mol. The molecule has 0 aliphatic heterocycles. The van der Waals surface area contributed by atoms with Gasteiger partial charge in [-0.25, -0.2) is 0 Å². The second-order valence-electron chi connectivity index (χ2n) is 12.1. The van der Waals surface area contributed by atoms with Crippen LogP contribution in [0.5, 0.6) is 0 Å². The lowest BCUT2D eigenvalue weighted by Gasteiger charge is -2.58. The second kappa shape index (κ2) is 7.94. The maximum atomic E-state index is 6.56. The SMILES string of the molecule is CC(C)CCCC(C)C1CCC2[C@@H]3CC=C4C[C@@H](Cl)CC[C@]4(C)C3CC[C@]12C. The minimum atomic E-state index is 0.396. The highest BCUT2D eigenvalue weighted by molar-refractivity contribution is 6.20. The van der Waals surface area contributed by atoms with Crippen LogP contribution in [0.1, 0.15) is 105 Å². The molecule has 0 N–H and O–H groups in total. The van der Waals surface area contributed by atoms with Crippen molar-refractivity contribution in [3.63, 3.8) is 0 Å². The summed E-state index contributed by atoms with van der Waals surface area (Å²) in [5.41, 5.74) is 2.82. The summed E-state index contributed by atoms with van der Waals surface area (Å²) in [6.07, 6.45) is 18.0. The molecule has 4 unspecified atom stereocenters. The third-order valence-electron chi connectivity index (χ3n) is 10.2. The summed E-state index contributed by atoms with van der Waals surface area (Å²) >= 11 is 6.56. The fourth-order valence-corrected chi connectivity index (χ4v) is 8.92. The molecule has 160 valence electrons. The Kier molecular flexibility index (Phi) is 6.03. The number of rotatable bonds is 5. The van der Waals surface area contributed by atoms with Crippen molar-refractivity contribution in [2.45, 2.75) is 111 Å². The lowest BCUT2D eigenvalue weighted by molar-refractivity contribution is -0.0498. The predicted molar refractivity (Wildman–Crippen MR) is 123 cm³/mol. The van der Waals surface area contributed by atoms with Gasteiger partial charge in [-0.05, 0) is 97.7 Å². The van der Waals surface area contributed by atoms with E-state index in [1.807, 2.05) is 0 Å². The van der Waals surface area contributed by atoms with Crippen molar-refractivity contribution < 1.29 is 0 Å². The van der Waals surface area contributed by atoms with Crippen molar-refractivity contribution in [1.29, 1.82) is 0 Å². The maximum absolute atomic E-state index is 6.56. The van der Waals surface area contributed by atoms with Gasteiger partial charge < -0.3 is 0 Å². The molecule has 8 atom stereocenters. The van der Waals surface area contributed by atoms with Crippen LogP contribution in [0.4, 0.5) is 0 Å². The molecule has 0 aromatic heterocycles. The van der Waals surface area contributed by atoms with E-state index >= 15 is 0 Å². The third-order valence-corrected chi connectivity index (χ3v) is 10.6. The molecule has 1 heteroatoms. The van der Waals surface area contributed by atoms with Crippen LogP contribution >= 0.6 is 11.6 Å². The minimum Gasteiger partial charge on any atom is -0.123 e. The van der Waals surface area contributed by atoms with Crippen molar-refractivity contribution in [3.8, 4) is 0 Å². The average Bonchev–Trinajstić information content (AvgIpc) is 2.99. The van der Waals surface area contributed by atoms with E-state index in [9.17, 15) is 0 Å². The molecule has 0 aromatic carbocycles. The zero-order valence-corrected chi connectivity index (χ0v) is 20.0. The zero-order valence-electron chi connectivity index (χ0n) is 19.3. The summed E-state index contributed by atoms with van der Waals surface area (Å²) in [6.45, 7) is 12.7. The molecular weight excluding hydrogens is 360 g/mol. The van der Waals surface area contributed by atoms with Crippen molar-refractivity contribution >= 4 is 11.6 Å².